The first-order chi connectivity index (χ1) is 7.72. The summed E-state index contributed by atoms with van der Waals surface area (Å²) in [7, 11) is 1.63. The van der Waals surface area contributed by atoms with Crippen molar-refractivity contribution in [1.82, 2.24) is 4.98 Å². The van der Waals surface area contributed by atoms with Gasteiger partial charge in [0.05, 0.1) is 5.69 Å². The summed E-state index contributed by atoms with van der Waals surface area (Å²) in [6.07, 6.45) is -0.0504. The molecule has 0 radical (unpaired) electrons. The quantitative estimate of drug-likeness (QED) is 0.812. The summed E-state index contributed by atoms with van der Waals surface area (Å²) in [6.45, 7) is 1.92. The number of aromatic nitrogens is 1. The third kappa shape index (κ3) is 2.13. The number of rotatable bonds is 3. The number of hydrogen-bond acceptors (Lipinski definition) is 3. The van der Waals surface area contributed by atoms with Gasteiger partial charge in [0, 0.05) is 18.1 Å². The second-order valence-electron chi connectivity index (χ2n) is 3.43. The number of halogens is 1. The van der Waals surface area contributed by atoms with Crippen molar-refractivity contribution in [1.29, 1.82) is 0 Å². The highest BCUT2D eigenvalue weighted by Crippen LogP contribution is 2.27. The monoisotopic (exact) mass is 237 g/mol. The minimum atomic E-state index is -0.246. The van der Waals surface area contributed by atoms with Crippen LogP contribution < -0.4 is 0 Å². The fraction of sp³-hybridized carbons (Fsp3) is 0.250. The van der Waals surface area contributed by atoms with Gasteiger partial charge in [-0.1, -0.05) is 12.1 Å². The van der Waals surface area contributed by atoms with Crippen LogP contribution in [0.1, 0.15) is 18.0 Å². The van der Waals surface area contributed by atoms with Crippen LogP contribution in [0.5, 0.6) is 0 Å². The number of thiazole rings is 1. The lowest BCUT2D eigenvalue weighted by molar-refractivity contribution is 0.119. The van der Waals surface area contributed by atoms with E-state index in [-0.39, 0.29) is 11.9 Å². The molecule has 0 fully saturated rings. The predicted octanol–water partition coefficient (Wildman–Crippen LogP) is 3.66. The van der Waals surface area contributed by atoms with Crippen LogP contribution in [-0.4, -0.2) is 12.1 Å². The Kier molecular flexibility index (Phi) is 3.31. The molecule has 0 bridgehead atoms. The molecule has 1 aromatic heterocycles. The summed E-state index contributed by atoms with van der Waals surface area (Å²) >= 11 is 1.48. The van der Waals surface area contributed by atoms with Gasteiger partial charge >= 0.3 is 0 Å². The van der Waals surface area contributed by atoms with Gasteiger partial charge in [0.2, 0.25) is 0 Å². The normalized spacial score (nSPS) is 12.7. The van der Waals surface area contributed by atoms with Crippen molar-refractivity contribution in [3.8, 4) is 11.3 Å². The van der Waals surface area contributed by atoms with Crippen LogP contribution in [-0.2, 0) is 4.74 Å². The third-order valence-electron chi connectivity index (χ3n) is 2.37. The molecule has 0 spiro atoms. The van der Waals surface area contributed by atoms with E-state index >= 15 is 0 Å². The van der Waals surface area contributed by atoms with Crippen LogP contribution in [0.25, 0.3) is 11.3 Å². The topological polar surface area (TPSA) is 22.1 Å². The van der Waals surface area contributed by atoms with E-state index in [1.807, 2.05) is 12.3 Å². The smallest absolute Gasteiger partial charge is 0.132 e. The van der Waals surface area contributed by atoms with Crippen LogP contribution in [0.2, 0.25) is 0 Å². The molecule has 1 aromatic carbocycles. The van der Waals surface area contributed by atoms with Crippen LogP contribution in [0.4, 0.5) is 4.39 Å². The summed E-state index contributed by atoms with van der Waals surface area (Å²) < 4.78 is 18.7. The van der Waals surface area contributed by atoms with Crippen molar-refractivity contribution in [2.24, 2.45) is 0 Å². The summed E-state index contributed by atoms with van der Waals surface area (Å²) in [4.78, 5) is 4.37. The maximum absolute atomic E-state index is 13.5. The first-order valence-electron chi connectivity index (χ1n) is 4.95. The third-order valence-corrected chi connectivity index (χ3v) is 3.38. The molecule has 84 valence electrons. The summed E-state index contributed by atoms with van der Waals surface area (Å²) in [5.74, 6) is -0.246. The SMILES string of the molecule is COC(C)c1nc(-c2ccccc2F)cs1. The van der Waals surface area contributed by atoms with E-state index in [4.69, 9.17) is 4.74 Å². The van der Waals surface area contributed by atoms with Crippen LogP contribution in [0.3, 0.4) is 0 Å². The molecule has 0 aliphatic carbocycles. The average Bonchev–Trinajstić information content (AvgIpc) is 2.78. The number of hydrogen-bond donors (Lipinski definition) is 0. The minimum absolute atomic E-state index is 0.0504. The molecule has 2 nitrogen and oxygen atoms in total. The highest BCUT2D eigenvalue weighted by atomic mass is 32.1. The van der Waals surface area contributed by atoms with Gasteiger partial charge in [0.15, 0.2) is 0 Å². The molecule has 1 unspecified atom stereocenters. The van der Waals surface area contributed by atoms with E-state index in [0.29, 0.717) is 11.3 Å². The van der Waals surface area contributed by atoms with Gasteiger partial charge in [0.1, 0.15) is 16.9 Å². The lowest BCUT2D eigenvalue weighted by Crippen LogP contribution is -1.94. The fourth-order valence-corrected chi connectivity index (χ4v) is 2.22. The minimum Gasteiger partial charge on any atom is -0.375 e. The largest absolute Gasteiger partial charge is 0.375 e. The second kappa shape index (κ2) is 4.72. The Morgan fingerprint density at radius 1 is 1.38 bits per heavy atom. The van der Waals surface area contributed by atoms with E-state index in [1.165, 1.54) is 17.4 Å². The second-order valence-corrected chi connectivity index (χ2v) is 4.32. The molecule has 0 saturated carbocycles. The van der Waals surface area contributed by atoms with Crippen molar-refractivity contribution < 1.29 is 9.13 Å². The van der Waals surface area contributed by atoms with Crippen molar-refractivity contribution in [3.63, 3.8) is 0 Å². The Labute approximate surface area is 97.7 Å². The van der Waals surface area contributed by atoms with Crippen LogP contribution in [0.15, 0.2) is 29.6 Å². The van der Waals surface area contributed by atoms with Crippen molar-refractivity contribution in [2.45, 2.75) is 13.0 Å². The number of nitrogens with zero attached hydrogens (tertiary/aromatic N) is 1. The molecule has 4 heteroatoms. The standard InChI is InChI=1S/C12H12FNOS/c1-8(15-2)12-14-11(7-16-12)9-5-3-4-6-10(9)13/h3-8H,1-2H3. The first-order valence-corrected chi connectivity index (χ1v) is 5.83. The van der Waals surface area contributed by atoms with E-state index in [9.17, 15) is 4.39 Å². The van der Waals surface area contributed by atoms with E-state index in [0.717, 1.165) is 5.01 Å². The molecule has 0 amide bonds. The van der Waals surface area contributed by atoms with Gasteiger partial charge in [-0.25, -0.2) is 9.37 Å². The maximum Gasteiger partial charge on any atom is 0.132 e. The zero-order chi connectivity index (χ0) is 11.5. The molecule has 0 aliphatic rings. The molecular formula is C12H12FNOS. The molecule has 2 aromatic rings. The van der Waals surface area contributed by atoms with Gasteiger partial charge in [-0.2, -0.15) is 0 Å². The number of methoxy groups -OCH3 is 1. The summed E-state index contributed by atoms with van der Waals surface area (Å²) in [6, 6.07) is 6.64. The molecular weight excluding hydrogens is 225 g/mol. The zero-order valence-electron chi connectivity index (χ0n) is 9.11. The Morgan fingerprint density at radius 2 is 2.12 bits per heavy atom. The maximum atomic E-state index is 13.5. The molecule has 0 N–H and O–H groups in total. The average molecular weight is 237 g/mol. The van der Waals surface area contributed by atoms with Crippen LogP contribution >= 0.6 is 11.3 Å². The highest BCUT2D eigenvalue weighted by molar-refractivity contribution is 7.10. The van der Waals surface area contributed by atoms with Gasteiger partial charge in [-0.3, -0.25) is 0 Å². The van der Waals surface area contributed by atoms with E-state index < -0.39 is 0 Å². The molecule has 16 heavy (non-hydrogen) atoms. The predicted molar refractivity (Wildman–Crippen MR) is 62.9 cm³/mol. The first kappa shape index (κ1) is 11.2. The van der Waals surface area contributed by atoms with Crippen molar-refractivity contribution in [2.75, 3.05) is 7.11 Å². The molecule has 2 rings (SSSR count). The molecule has 1 atom stereocenters. The molecule has 1 heterocycles. The van der Waals surface area contributed by atoms with E-state index in [1.54, 1.807) is 25.3 Å². The Morgan fingerprint density at radius 3 is 2.81 bits per heavy atom. The molecule has 0 saturated heterocycles. The van der Waals surface area contributed by atoms with Gasteiger partial charge < -0.3 is 4.74 Å². The van der Waals surface area contributed by atoms with E-state index in [2.05, 4.69) is 4.98 Å². The Balaban J connectivity index is 2.35. The lowest BCUT2D eigenvalue weighted by Gasteiger charge is -2.03. The van der Waals surface area contributed by atoms with Gasteiger partial charge in [0.25, 0.3) is 0 Å². The fourth-order valence-electron chi connectivity index (χ4n) is 1.37. The van der Waals surface area contributed by atoms with Gasteiger partial charge in [-0.05, 0) is 19.1 Å². The Hall–Kier alpha value is -1.26. The van der Waals surface area contributed by atoms with Crippen molar-refractivity contribution >= 4 is 11.3 Å². The number of ether oxygens (including phenoxy) is 1. The van der Waals surface area contributed by atoms with Crippen molar-refractivity contribution in [3.05, 3.63) is 40.5 Å². The summed E-state index contributed by atoms with van der Waals surface area (Å²) in [5, 5.41) is 2.71. The highest BCUT2D eigenvalue weighted by Gasteiger charge is 2.12. The summed E-state index contributed by atoms with van der Waals surface area (Å²) in [5.41, 5.74) is 1.20. The number of benzene rings is 1. The Bertz CT molecular complexity index is 483. The van der Waals surface area contributed by atoms with Gasteiger partial charge in [-0.15, -0.1) is 11.3 Å². The zero-order valence-corrected chi connectivity index (χ0v) is 9.92. The van der Waals surface area contributed by atoms with Crippen LogP contribution in [0, 0.1) is 5.82 Å². The molecule has 0 aliphatic heterocycles. The lowest BCUT2D eigenvalue weighted by atomic mass is 10.1.